The quantitative estimate of drug-likeness (QED) is 0.00848. The number of carboxylic acids is 4. The molecule has 1 aliphatic heterocycles. The normalized spacial score (nSPS) is 20.7. The Labute approximate surface area is 699 Å². The Bertz CT molecular complexity index is 4260. The molecule has 121 heavy (non-hydrogen) atoms. The fraction of sp³-hybridized carbons (Fsp3) is 0.539. The molecular formula is C76H108N18O26S. The molecule has 13 atom stereocenters. The van der Waals surface area contributed by atoms with Crippen LogP contribution in [0.25, 0.3) is 10.9 Å². The minimum atomic E-state index is -2.46. The number of Topliss-reactive ketones (excluding diaryl/α,β-unsaturated/α-hetero) is 1. The van der Waals surface area contributed by atoms with Gasteiger partial charge in [-0.25, -0.2) is 4.79 Å². The molecule has 0 radical (unpaired) electrons. The second kappa shape index (κ2) is 50.7. The number of amides is 14. The third-order valence-corrected chi connectivity index (χ3v) is 18.8. The minimum absolute atomic E-state index is 0.0222. The van der Waals surface area contributed by atoms with Crippen LogP contribution in [0.2, 0.25) is 0 Å². The number of esters is 1. The highest BCUT2D eigenvalue weighted by atomic mass is 32.1. The van der Waals surface area contributed by atoms with Crippen molar-refractivity contribution >= 4 is 152 Å². The van der Waals surface area contributed by atoms with Crippen LogP contribution in [0.5, 0.6) is 0 Å². The predicted molar refractivity (Wildman–Crippen MR) is 430 cm³/mol. The zero-order valence-electron chi connectivity index (χ0n) is 67.5. The number of aromatic nitrogens is 1. The standard InChI is InChI=1S/C76H108N18O26S/c1-7-8-9-10-11-12-13-24-56(98)86-47(27-41-33-80-45-22-17-15-19-42(41)45)69(113)89-48(29-55(78)97)70(114)91-51(32-62(107)108)71(115)94-64-40(6)120-75(119)52(28-54(96)43-20-14-16-21-44(43)77)92-74(118)63(38(4)26-59(101)102)93-72(116)53(36-95)87-58(100)34-81-66(110)49(30-60(103)104)88-65(109)39(5)84-68(112)50(31-61(105)106)90-67(111)46(85-57(99)35-82-73(64)117)23-18-25-79-76(121)83-37(2)3/h14-17,19-22,33,37-40,46-53,63-64,80,95H,7-13,18,23-32,34-36,77H2,1-6H3,(H2,78,97)(H,81,110)(H,82,117)(H,84,112)(H,85,99)(H,86,98)(H,87,100)(H,88,109)(H,89,113)(H,90,111)(H,91,114)(H,92,118)(H,93,116)(H,94,115)(H,101,102)(H,103,104)(H,105,106)(H,107,108)(H2,79,83,121). The van der Waals surface area contributed by atoms with Crippen molar-refractivity contribution in [2.24, 2.45) is 11.7 Å². The molecule has 0 spiro atoms. The largest absolute Gasteiger partial charge is 0.481 e. The van der Waals surface area contributed by atoms with Gasteiger partial charge in [-0.15, -0.1) is 0 Å². The molecule has 664 valence electrons. The van der Waals surface area contributed by atoms with E-state index in [0.29, 0.717) is 29.3 Å². The molecule has 45 heteroatoms. The van der Waals surface area contributed by atoms with Gasteiger partial charge in [-0.1, -0.05) is 82.7 Å². The van der Waals surface area contributed by atoms with E-state index in [2.05, 4.69) is 75.7 Å². The van der Waals surface area contributed by atoms with Crippen molar-refractivity contribution in [2.75, 3.05) is 32.0 Å². The highest BCUT2D eigenvalue weighted by molar-refractivity contribution is 7.80. The molecule has 44 nitrogen and oxygen atoms in total. The molecule has 1 aliphatic rings. The third kappa shape index (κ3) is 35.6. The molecule has 14 amide bonds. The van der Waals surface area contributed by atoms with Gasteiger partial charge in [0.05, 0.1) is 51.8 Å². The SMILES string of the molecule is CCCCCCCCCC(=O)NC(Cc1c[nH]c2ccccc12)C(=O)NC(CC(N)=O)C(=O)NC(CC(=O)O)C(=O)NC1C(=O)NCC(=O)NC(CCCNC(=S)NC(C)C)C(=O)NC(CC(=O)O)C(=O)NC(C)C(=O)NC(CC(=O)O)C(=O)NCC(=O)NC(CO)C(=O)NC(C(C)CC(=O)O)C(=O)NC(CC(=O)c2ccccc2N)C(=O)OC1C. The highest BCUT2D eigenvalue weighted by Crippen LogP contribution is 2.22. The summed E-state index contributed by atoms with van der Waals surface area (Å²) in [6, 6.07) is -10.9. The predicted octanol–water partition coefficient (Wildman–Crippen LogP) is -4.71. The molecule has 1 fully saturated rings. The van der Waals surface area contributed by atoms with Gasteiger partial charge in [0.1, 0.15) is 72.6 Å². The van der Waals surface area contributed by atoms with Crippen LogP contribution in [-0.4, -0.2) is 259 Å². The summed E-state index contributed by atoms with van der Waals surface area (Å²) in [5.74, 6) is -29.8. The number of cyclic esters (lactones) is 1. The van der Waals surface area contributed by atoms with E-state index < -0.39 is 261 Å². The first-order chi connectivity index (χ1) is 57.1. The molecule has 25 N–H and O–H groups in total. The van der Waals surface area contributed by atoms with Gasteiger partial charge in [0.25, 0.3) is 0 Å². The van der Waals surface area contributed by atoms with Crippen molar-refractivity contribution in [3.05, 3.63) is 65.9 Å². The van der Waals surface area contributed by atoms with Crippen molar-refractivity contribution < 1.29 is 126 Å². The summed E-state index contributed by atoms with van der Waals surface area (Å²) in [7, 11) is 0. The summed E-state index contributed by atoms with van der Waals surface area (Å²) < 4.78 is 5.72. The summed E-state index contributed by atoms with van der Waals surface area (Å²) in [4.78, 5) is 278. The van der Waals surface area contributed by atoms with E-state index in [9.17, 15) is 121 Å². The van der Waals surface area contributed by atoms with E-state index in [-0.39, 0.29) is 48.2 Å². The van der Waals surface area contributed by atoms with Crippen LogP contribution in [0.15, 0.2) is 54.7 Å². The van der Waals surface area contributed by atoms with E-state index in [4.69, 9.17) is 28.4 Å². The number of aliphatic hydroxyl groups is 1. The number of hydrogen-bond donors (Lipinski definition) is 23. The lowest BCUT2D eigenvalue weighted by atomic mass is 9.96. The number of carboxylic acid groups (broad SMARTS) is 4. The molecule has 1 aromatic heterocycles. The topological polar surface area (TPSA) is 700 Å². The number of anilines is 1. The van der Waals surface area contributed by atoms with Crippen molar-refractivity contribution in [2.45, 2.75) is 229 Å². The Morgan fingerprint density at radius 1 is 0.554 bits per heavy atom. The number of thiocarbonyl (C=S) groups is 1. The maximum atomic E-state index is 14.9. The monoisotopic (exact) mass is 1720 g/mol. The van der Waals surface area contributed by atoms with Crippen LogP contribution in [0.1, 0.15) is 160 Å². The second-order valence-corrected chi connectivity index (χ2v) is 29.4. The van der Waals surface area contributed by atoms with Crippen LogP contribution >= 0.6 is 12.2 Å². The molecule has 4 rings (SSSR count). The molecule has 3 aromatic rings. The van der Waals surface area contributed by atoms with Gasteiger partial charge in [-0.05, 0) is 88.9 Å². The smallest absolute Gasteiger partial charge is 0.329 e. The number of aliphatic carboxylic acids is 4. The fourth-order valence-corrected chi connectivity index (χ4v) is 12.6. The van der Waals surface area contributed by atoms with E-state index in [0.717, 1.165) is 52.9 Å². The fourth-order valence-electron chi connectivity index (χ4n) is 12.2. The molecule has 2 aromatic carbocycles. The molecule has 0 bridgehead atoms. The zero-order chi connectivity index (χ0) is 90.3. The first-order valence-corrected chi connectivity index (χ1v) is 39.3. The molecule has 0 aliphatic carbocycles. The van der Waals surface area contributed by atoms with Gasteiger partial charge in [-0.2, -0.15) is 0 Å². The number of ether oxygens (including phenoxy) is 1. The lowest BCUT2D eigenvalue weighted by Crippen LogP contribution is -2.62. The summed E-state index contributed by atoms with van der Waals surface area (Å²) in [6.07, 6.45) is -2.42. The minimum Gasteiger partial charge on any atom is -0.481 e. The van der Waals surface area contributed by atoms with Gasteiger partial charge in [0.2, 0.25) is 82.7 Å². The molecule has 0 saturated carbocycles. The van der Waals surface area contributed by atoms with Gasteiger partial charge >= 0.3 is 29.8 Å². The number of nitrogen functional groups attached to an aromatic ring is 1. The number of fused-ring (bicyclic) bond motifs is 1. The lowest BCUT2D eigenvalue weighted by Gasteiger charge is -2.30. The first-order valence-electron chi connectivity index (χ1n) is 38.9. The Balaban J connectivity index is 1.91. The summed E-state index contributed by atoms with van der Waals surface area (Å²) >= 11 is 5.29. The average molecular weight is 1720 g/mol. The van der Waals surface area contributed by atoms with Crippen molar-refractivity contribution in [1.82, 2.24) is 84.7 Å². The first kappa shape index (κ1) is 100. The van der Waals surface area contributed by atoms with Crippen LogP contribution in [0, 0.1) is 5.92 Å². The lowest BCUT2D eigenvalue weighted by molar-refractivity contribution is -0.156. The van der Waals surface area contributed by atoms with E-state index >= 15 is 0 Å². The Hall–Kier alpha value is -13.0. The van der Waals surface area contributed by atoms with Crippen molar-refractivity contribution in [3.8, 4) is 0 Å². The number of primary amides is 1. The van der Waals surface area contributed by atoms with Crippen LogP contribution in [-0.2, 0) is 102 Å². The molecule has 13 unspecified atom stereocenters. The van der Waals surface area contributed by atoms with Crippen LogP contribution < -0.4 is 91.2 Å². The number of nitrogens with two attached hydrogens (primary N) is 2. The molecule has 1 saturated heterocycles. The Kier molecular flexibility index (Phi) is 42.1. The van der Waals surface area contributed by atoms with Crippen molar-refractivity contribution in [1.29, 1.82) is 0 Å². The second-order valence-electron chi connectivity index (χ2n) is 29.0. The van der Waals surface area contributed by atoms with Crippen LogP contribution in [0.4, 0.5) is 5.69 Å². The number of H-pyrrole nitrogens is 1. The number of rotatable bonds is 37. The number of unbranched alkanes of at least 4 members (excludes halogenated alkanes) is 6. The zero-order valence-corrected chi connectivity index (χ0v) is 68.3. The Morgan fingerprint density at radius 2 is 1.10 bits per heavy atom. The number of aliphatic hydroxyl groups excluding tert-OH is 1. The maximum Gasteiger partial charge on any atom is 0.329 e. The average Bonchev–Trinajstić information content (AvgIpc) is 1.81. The Morgan fingerprint density at radius 3 is 1.70 bits per heavy atom. The summed E-state index contributed by atoms with van der Waals surface area (Å²) in [5, 5.41) is 85.2. The molecule has 2 heterocycles. The van der Waals surface area contributed by atoms with Gasteiger partial charge < -0.3 is 126 Å². The van der Waals surface area contributed by atoms with Gasteiger partial charge in [0, 0.05) is 60.2 Å². The number of benzene rings is 2. The van der Waals surface area contributed by atoms with Crippen LogP contribution in [0.3, 0.4) is 0 Å². The van der Waals surface area contributed by atoms with Gasteiger partial charge in [-0.3, -0.25) is 91.1 Å². The maximum absolute atomic E-state index is 14.9. The number of carbonyl (C=O) groups excluding carboxylic acids is 16. The number of ketones is 1. The number of para-hydroxylation sites is 2. The summed E-state index contributed by atoms with van der Waals surface area (Å²) in [6.45, 7) is 4.76. The number of carbonyl (C=O) groups is 20. The van der Waals surface area contributed by atoms with E-state index in [1.54, 1.807) is 44.3 Å². The number of hydrogen-bond acceptors (Lipinski definition) is 24. The summed E-state index contributed by atoms with van der Waals surface area (Å²) in [5.41, 5.74) is 12.4. The van der Waals surface area contributed by atoms with E-state index in [1.165, 1.54) is 24.3 Å². The third-order valence-electron chi connectivity index (χ3n) is 18.5. The highest BCUT2D eigenvalue weighted by Gasteiger charge is 2.41. The number of aromatic amines is 1. The molecular weight excluding hydrogens is 1610 g/mol. The van der Waals surface area contributed by atoms with E-state index in [1.807, 2.05) is 16.0 Å². The van der Waals surface area contributed by atoms with Gasteiger partial charge in [0.15, 0.2) is 10.9 Å². The van der Waals surface area contributed by atoms with Crippen molar-refractivity contribution in [3.63, 3.8) is 0 Å². The number of nitrogens with one attached hydrogen (secondary N) is 16.